The second-order valence-electron chi connectivity index (χ2n) is 5.76. The molecule has 1 aliphatic carbocycles. The summed E-state index contributed by atoms with van der Waals surface area (Å²) in [5.41, 5.74) is 3.95. The van der Waals surface area contributed by atoms with Crippen molar-refractivity contribution < 1.29 is 4.74 Å². The first-order valence-electron chi connectivity index (χ1n) is 7.59. The van der Waals surface area contributed by atoms with Gasteiger partial charge in [-0.05, 0) is 56.5 Å². The van der Waals surface area contributed by atoms with Gasteiger partial charge in [0.1, 0.15) is 5.75 Å². The summed E-state index contributed by atoms with van der Waals surface area (Å²) in [6.07, 6.45) is 5.65. The molecule has 1 atom stereocenters. The van der Waals surface area contributed by atoms with Crippen molar-refractivity contribution in [1.82, 2.24) is 5.32 Å². The van der Waals surface area contributed by atoms with E-state index in [9.17, 15) is 0 Å². The molecule has 1 saturated carbocycles. The van der Waals surface area contributed by atoms with Gasteiger partial charge >= 0.3 is 0 Å². The van der Waals surface area contributed by atoms with Crippen LogP contribution in [-0.2, 0) is 0 Å². The monoisotopic (exact) mass is 293 g/mol. The Kier molecular flexibility index (Phi) is 5.79. The van der Waals surface area contributed by atoms with Gasteiger partial charge in [0, 0.05) is 17.0 Å². The average Bonchev–Trinajstić information content (AvgIpc) is 2.96. The molecular weight excluding hydrogens is 266 g/mol. The third-order valence-electron chi connectivity index (χ3n) is 4.31. The molecule has 1 aliphatic rings. The van der Waals surface area contributed by atoms with Crippen LogP contribution in [0.15, 0.2) is 12.1 Å². The van der Waals surface area contributed by atoms with E-state index < -0.39 is 0 Å². The molecular formula is C17H27NOS. The number of ether oxygens (including phenoxy) is 1. The molecule has 0 bridgehead atoms. The van der Waals surface area contributed by atoms with Gasteiger partial charge in [-0.25, -0.2) is 0 Å². The van der Waals surface area contributed by atoms with E-state index in [0.717, 1.165) is 16.8 Å². The third kappa shape index (κ3) is 3.70. The number of benzene rings is 1. The summed E-state index contributed by atoms with van der Waals surface area (Å²) >= 11 is 2.14. The van der Waals surface area contributed by atoms with Gasteiger partial charge in [0.15, 0.2) is 0 Å². The minimum absolute atomic E-state index is 0.435. The predicted molar refractivity (Wildman–Crippen MR) is 89.0 cm³/mol. The van der Waals surface area contributed by atoms with Crippen molar-refractivity contribution in [2.24, 2.45) is 0 Å². The largest absolute Gasteiger partial charge is 0.496 e. The maximum atomic E-state index is 5.41. The normalized spacial score (nSPS) is 17.4. The van der Waals surface area contributed by atoms with E-state index in [0.29, 0.717) is 6.04 Å². The van der Waals surface area contributed by atoms with Crippen molar-refractivity contribution in [1.29, 1.82) is 0 Å². The van der Waals surface area contributed by atoms with Crippen LogP contribution in [0.4, 0.5) is 0 Å². The summed E-state index contributed by atoms with van der Waals surface area (Å²) in [6, 6.07) is 4.88. The summed E-state index contributed by atoms with van der Waals surface area (Å²) in [4.78, 5) is 0. The fourth-order valence-corrected chi connectivity index (χ4v) is 4.50. The van der Waals surface area contributed by atoms with Crippen LogP contribution in [0.3, 0.4) is 0 Å². The highest BCUT2D eigenvalue weighted by molar-refractivity contribution is 7.99. The van der Waals surface area contributed by atoms with Crippen molar-refractivity contribution in [2.75, 3.05) is 19.9 Å². The maximum Gasteiger partial charge on any atom is 0.122 e. The number of thioether (sulfide) groups is 1. The van der Waals surface area contributed by atoms with Crippen LogP contribution in [0.25, 0.3) is 0 Å². The van der Waals surface area contributed by atoms with Gasteiger partial charge in [0.2, 0.25) is 0 Å². The van der Waals surface area contributed by atoms with Gasteiger partial charge in [-0.2, -0.15) is 11.8 Å². The summed E-state index contributed by atoms with van der Waals surface area (Å²) in [5, 5.41) is 4.37. The van der Waals surface area contributed by atoms with Crippen molar-refractivity contribution in [3.8, 4) is 5.75 Å². The molecule has 1 aromatic carbocycles. The highest BCUT2D eigenvalue weighted by Gasteiger charge is 2.19. The molecule has 112 valence electrons. The minimum Gasteiger partial charge on any atom is -0.496 e. The molecule has 0 saturated heterocycles. The Labute approximate surface area is 127 Å². The number of hydrogen-bond donors (Lipinski definition) is 1. The van der Waals surface area contributed by atoms with Crippen LogP contribution >= 0.6 is 11.8 Å². The van der Waals surface area contributed by atoms with E-state index in [2.05, 4.69) is 50.1 Å². The number of hydrogen-bond acceptors (Lipinski definition) is 3. The Morgan fingerprint density at radius 1 is 1.25 bits per heavy atom. The standard InChI is InChI=1S/C17H27NOS/c1-12-10-17(19-4)13(2)9-15(12)16(18-3)11-20-14-7-5-6-8-14/h9-10,14,16,18H,5-8,11H2,1-4H3. The van der Waals surface area contributed by atoms with E-state index in [-0.39, 0.29) is 0 Å². The van der Waals surface area contributed by atoms with Crippen molar-refractivity contribution in [2.45, 2.75) is 50.8 Å². The van der Waals surface area contributed by atoms with Crippen LogP contribution in [0.5, 0.6) is 5.75 Å². The molecule has 1 unspecified atom stereocenters. The van der Waals surface area contributed by atoms with E-state index in [1.165, 1.54) is 42.4 Å². The fourth-order valence-electron chi connectivity index (χ4n) is 3.02. The lowest BCUT2D eigenvalue weighted by atomic mass is 9.99. The molecule has 20 heavy (non-hydrogen) atoms. The first-order chi connectivity index (χ1) is 9.65. The van der Waals surface area contributed by atoms with E-state index in [4.69, 9.17) is 4.74 Å². The fraction of sp³-hybridized carbons (Fsp3) is 0.647. The first kappa shape index (κ1) is 15.7. The highest BCUT2D eigenvalue weighted by atomic mass is 32.2. The Morgan fingerprint density at radius 3 is 2.55 bits per heavy atom. The SMILES string of the molecule is CNC(CSC1CCCC1)c1cc(C)c(OC)cc1C. The molecule has 0 heterocycles. The van der Waals surface area contributed by atoms with Crippen LogP contribution in [-0.4, -0.2) is 25.2 Å². The Bertz CT molecular complexity index is 441. The summed E-state index contributed by atoms with van der Waals surface area (Å²) in [7, 11) is 3.81. The minimum atomic E-state index is 0.435. The van der Waals surface area contributed by atoms with E-state index in [1.54, 1.807) is 7.11 Å². The summed E-state index contributed by atoms with van der Waals surface area (Å²) < 4.78 is 5.41. The zero-order chi connectivity index (χ0) is 14.5. The molecule has 0 aliphatic heterocycles. The van der Waals surface area contributed by atoms with Gasteiger partial charge in [-0.15, -0.1) is 0 Å². The number of methoxy groups -OCH3 is 1. The lowest BCUT2D eigenvalue weighted by molar-refractivity contribution is 0.411. The van der Waals surface area contributed by atoms with Gasteiger partial charge in [-0.3, -0.25) is 0 Å². The molecule has 0 amide bonds. The quantitative estimate of drug-likeness (QED) is 0.847. The number of rotatable bonds is 6. The summed E-state index contributed by atoms with van der Waals surface area (Å²) in [5.74, 6) is 2.15. The zero-order valence-corrected chi connectivity index (χ0v) is 14.0. The smallest absolute Gasteiger partial charge is 0.122 e. The average molecular weight is 293 g/mol. The topological polar surface area (TPSA) is 21.3 Å². The maximum absolute atomic E-state index is 5.41. The molecule has 2 nitrogen and oxygen atoms in total. The lowest BCUT2D eigenvalue weighted by Crippen LogP contribution is -2.21. The first-order valence-corrected chi connectivity index (χ1v) is 8.64. The van der Waals surface area contributed by atoms with Crippen molar-refractivity contribution in [3.63, 3.8) is 0 Å². The highest BCUT2D eigenvalue weighted by Crippen LogP contribution is 2.33. The molecule has 2 rings (SSSR count). The molecule has 0 radical (unpaired) electrons. The van der Waals surface area contributed by atoms with Gasteiger partial charge in [0.25, 0.3) is 0 Å². The molecule has 1 fully saturated rings. The van der Waals surface area contributed by atoms with Crippen molar-refractivity contribution in [3.05, 3.63) is 28.8 Å². The second-order valence-corrected chi connectivity index (χ2v) is 7.09. The van der Waals surface area contributed by atoms with Gasteiger partial charge in [0.05, 0.1) is 7.11 Å². The number of aryl methyl sites for hydroxylation is 2. The van der Waals surface area contributed by atoms with E-state index in [1.807, 2.05) is 0 Å². The Morgan fingerprint density at radius 2 is 1.95 bits per heavy atom. The molecule has 1 aromatic rings. The Balaban J connectivity index is 2.07. The van der Waals surface area contributed by atoms with Crippen LogP contribution in [0.2, 0.25) is 0 Å². The van der Waals surface area contributed by atoms with Crippen LogP contribution < -0.4 is 10.1 Å². The molecule has 3 heteroatoms. The summed E-state index contributed by atoms with van der Waals surface area (Å²) in [6.45, 7) is 4.31. The zero-order valence-electron chi connectivity index (χ0n) is 13.2. The van der Waals surface area contributed by atoms with E-state index >= 15 is 0 Å². The molecule has 0 aromatic heterocycles. The molecule has 1 N–H and O–H groups in total. The third-order valence-corrected chi connectivity index (χ3v) is 5.78. The Hall–Kier alpha value is -0.670. The predicted octanol–water partition coefficient (Wildman–Crippen LogP) is 4.25. The molecule has 0 spiro atoms. The van der Waals surface area contributed by atoms with Crippen LogP contribution in [0.1, 0.15) is 48.4 Å². The van der Waals surface area contributed by atoms with Crippen molar-refractivity contribution >= 4 is 11.8 Å². The lowest BCUT2D eigenvalue weighted by Gasteiger charge is -2.22. The van der Waals surface area contributed by atoms with Crippen LogP contribution in [0, 0.1) is 13.8 Å². The van der Waals surface area contributed by atoms with Gasteiger partial charge in [-0.1, -0.05) is 18.9 Å². The van der Waals surface area contributed by atoms with Gasteiger partial charge < -0.3 is 10.1 Å². The number of nitrogens with one attached hydrogen (secondary N) is 1. The second kappa shape index (κ2) is 7.37.